The maximum Gasteiger partial charge on any atom is 0.0709 e. The van der Waals surface area contributed by atoms with Crippen molar-refractivity contribution in [3.05, 3.63) is 152 Å². The molecule has 0 saturated heterocycles. The molecule has 3 heteroatoms. The molecule has 0 bridgehead atoms. The van der Waals surface area contributed by atoms with Gasteiger partial charge >= 0.3 is 0 Å². The van der Waals surface area contributed by atoms with Crippen molar-refractivity contribution in [2.75, 3.05) is 0 Å². The number of para-hydroxylation sites is 4. The van der Waals surface area contributed by atoms with Crippen LogP contribution in [0.2, 0.25) is 0 Å². The first-order valence-electron chi connectivity index (χ1n) is 14.6. The smallest absolute Gasteiger partial charge is 0.0709 e. The largest absolute Gasteiger partial charge is 0.309 e. The fourth-order valence-electron chi connectivity index (χ4n) is 6.66. The van der Waals surface area contributed by atoms with Gasteiger partial charge in [-0.05, 0) is 59.5 Å². The number of aromatic nitrogens is 3. The molecule has 9 rings (SSSR count). The van der Waals surface area contributed by atoms with Crippen molar-refractivity contribution in [3.8, 4) is 28.1 Å². The zero-order valence-corrected chi connectivity index (χ0v) is 23.3. The Morgan fingerprint density at radius 3 is 2.12 bits per heavy atom. The number of hydrogen-bond donors (Lipinski definition) is 0. The zero-order valence-electron chi connectivity index (χ0n) is 23.3. The van der Waals surface area contributed by atoms with E-state index in [-0.39, 0.29) is 0 Å². The number of pyridine rings is 2. The van der Waals surface area contributed by atoms with E-state index in [4.69, 9.17) is 9.97 Å². The second-order valence-corrected chi connectivity index (χ2v) is 11.0. The number of nitrogens with zero attached hydrogens (tertiary/aromatic N) is 3. The molecule has 9 aromatic rings. The molecule has 0 saturated carbocycles. The molecule has 43 heavy (non-hydrogen) atoms. The fourth-order valence-corrected chi connectivity index (χ4v) is 6.66. The average molecular weight is 548 g/mol. The van der Waals surface area contributed by atoms with Gasteiger partial charge in [0.05, 0.1) is 27.8 Å². The Morgan fingerprint density at radius 1 is 0.465 bits per heavy atom. The van der Waals surface area contributed by atoms with Crippen LogP contribution in [0.15, 0.2) is 152 Å². The summed E-state index contributed by atoms with van der Waals surface area (Å²) in [6, 6.07) is 51.6. The summed E-state index contributed by atoms with van der Waals surface area (Å²) < 4.78 is 2.40. The van der Waals surface area contributed by atoms with Crippen LogP contribution in [-0.2, 0) is 0 Å². The van der Waals surface area contributed by atoms with Crippen molar-refractivity contribution >= 4 is 54.4 Å². The lowest BCUT2D eigenvalue weighted by molar-refractivity contribution is 1.18. The molecular weight excluding hydrogens is 522 g/mol. The Bertz CT molecular complexity index is 2510. The molecule has 0 aliphatic carbocycles. The molecule has 0 fully saturated rings. The maximum atomic E-state index is 5.02. The Balaban J connectivity index is 1.42. The maximum absolute atomic E-state index is 5.02. The standard InChI is InChI=1S/C40H25N3/c1-2-14-29(15-3-1)43-37-20-9-6-17-31(37)40-38(43)24-32-30-16-5-8-19-36(30)41-25-33(32)39(40)28-13-10-12-27(23-28)35-22-21-26-11-4-7-18-34(26)42-35/h1-25H. The minimum atomic E-state index is 0.965. The van der Waals surface area contributed by atoms with E-state index in [0.29, 0.717) is 0 Å². The third-order valence-corrected chi connectivity index (χ3v) is 8.59. The van der Waals surface area contributed by atoms with Crippen LogP contribution < -0.4 is 0 Å². The van der Waals surface area contributed by atoms with Gasteiger partial charge in [0, 0.05) is 49.9 Å². The summed E-state index contributed by atoms with van der Waals surface area (Å²) in [6.07, 6.45) is 2.06. The van der Waals surface area contributed by atoms with Crippen LogP contribution in [0.3, 0.4) is 0 Å². The molecule has 0 radical (unpaired) electrons. The van der Waals surface area contributed by atoms with Crippen LogP contribution in [-0.4, -0.2) is 14.5 Å². The van der Waals surface area contributed by atoms with Crippen molar-refractivity contribution in [2.24, 2.45) is 0 Å². The lowest BCUT2D eigenvalue weighted by Gasteiger charge is -2.14. The lowest BCUT2D eigenvalue weighted by atomic mass is 9.91. The quantitative estimate of drug-likeness (QED) is 0.206. The lowest BCUT2D eigenvalue weighted by Crippen LogP contribution is -1.94. The molecular formula is C40H25N3. The van der Waals surface area contributed by atoms with E-state index in [1.54, 1.807) is 0 Å². The summed E-state index contributed by atoms with van der Waals surface area (Å²) >= 11 is 0. The van der Waals surface area contributed by atoms with Gasteiger partial charge in [0.1, 0.15) is 0 Å². The van der Waals surface area contributed by atoms with Gasteiger partial charge in [-0.1, -0.05) is 97.1 Å². The van der Waals surface area contributed by atoms with Crippen LogP contribution >= 0.6 is 0 Å². The van der Waals surface area contributed by atoms with Gasteiger partial charge in [-0.25, -0.2) is 4.98 Å². The molecule has 0 aliphatic rings. The predicted molar refractivity (Wildman–Crippen MR) is 180 cm³/mol. The van der Waals surface area contributed by atoms with Crippen molar-refractivity contribution in [3.63, 3.8) is 0 Å². The second kappa shape index (κ2) is 9.37. The first kappa shape index (κ1) is 23.9. The molecule has 3 aromatic heterocycles. The van der Waals surface area contributed by atoms with Crippen molar-refractivity contribution < 1.29 is 0 Å². The van der Waals surface area contributed by atoms with Crippen LogP contribution in [0, 0.1) is 0 Å². The molecule has 200 valence electrons. The highest BCUT2D eigenvalue weighted by atomic mass is 15.0. The molecule has 0 aliphatic heterocycles. The minimum Gasteiger partial charge on any atom is -0.309 e. The van der Waals surface area contributed by atoms with E-state index >= 15 is 0 Å². The molecule has 3 nitrogen and oxygen atoms in total. The molecule has 0 unspecified atom stereocenters. The SMILES string of the molecule is c1ccc(-n2c3ccccc3c3c(-c4cccc(-c5ccc6ccccc6n5)c4)c4cnc5ccccc5c4cc32)cc1. The van der Waals surface area contributed by atoms with E-state index in [1.165, 1.54) is 32.8 Å². The van der Waals surface area contributed by atoms with E-state index in [1.807, 2.05) is 6.07 Å². The minimum absolute atomic E-state index is 0.965. The normalized spacial score (nSPS) is 11.7. The third kappa shape index (κ3) is 3.68. The first-order chi connectivity index (χ1) is 21.3. The first-order valence-corrected chi connectivity index (χ1v) is 14.6. The van der Waals surface area contributed by atoms with Gasteiger partial charge in [0.2, 0.25) is 0 Å². The monoisotopic (exact) mass is 547 g/mol. The van der Waals surface area contributed by atoms with Gasteiger partial charge in [0.15, 0.2) is 0 Å². The van der Waals surface area contributed by atoms with Crippen LogP contribution in [0.1, 0.15) is 0 Å². The number of fused-ring (bicyclic) bond motifs is 7. The van der Waals surface area contributed by atoms with E-state index in [2.05, 4.69) is 150 Å². The number of benzene rings is 6. The molecule has 6 aromatic carbocycles. The van der Waals surface area contributed by atoms with Crippen molar-refractivity contribution in [1.29, 1.82) is 0 Å². The van der Waals surface area contributed by atoms with Crippen LogP contribution in [0.25, 0.3) is 82.5 Å². The van der Waals surface area contributed by atoms with Crippen LogP contribution in [0.4, 0.5) is 0 Å². The predicted octanol–water partition coefficient (Wildman–Crippen LogP) is 10.4. The van der Waals surface area contributed by atoms with E-state index in [0.717, 1.165) is 49.7 Å². The highest BCUT2D eigenvalue weighted by Gasteiger charge is 2.20. The average Bonchev–Trinajstić information content (AvgIpc) is 3.41. The Labute approximate surface area is 248 Å². The van der Waals surface area contributed by atoms with Crippen LogP contribution in [0.5, 0.6) is 0 Å². The Kier molecular flexibility index (Phi) is 5.20. The van der Waals surface area contributed by atoms with Gasteiger partial charge in [-0.3, -0.25) is 4.98 Å². The summed E-state index contributed by atoms with van der Waals surface area (Å²) in [6.45, 7) is 0. The zero-order chi connectivity index (χ0) is 28.3. The van der Waals surface area contributed by atoms with E-state index < -0.39 is 0 Å². The highest BCUT2D eigenvalue weighted by molar-refractivity contribution is 6.26. The summed E-state index contributed by atoms with van der Waals surface area (Å²) in [5.74, 6) is 0. The molecule has 0 N–H and O–H groups in total. The summed E-state index contributed by atoms with van der Waals surface area (Å²) in [4.78, 5) is 9.97. The molecule has 3 heterocycles. The molecule has 0 amide bonds. The van der Waals surface area contributed by atoms with Crippen molar-refractivity contribution in [2.45, 2.75) is 0 Å². The summed E-state index contributed by atoms with van der Waals surface area (Å²) in [7, 11) is 0. The Morgan fingerprint density at radius 2 is 1.21 bits per heavy atom. The highest BCUT2D eigenvalue weighted by Crippen LogP contribution is 2.44. The van der Waals surface area contributed by atoms with E-state index in [9.17, 15) is 0 Å². The molecule has 0 atom stereocenters. The third-order valence-electron chi connectivity index (χ3n) is 8.59. The second-order valence-electron chi connectivity index (χ2n) is 11.0. The topological polar surface area (TPSA) is 30.7 Å². The van der Waals surface area contributed by atoms with Gasteiger partial charge in [-0.2, -0.15) is 0 Å². The van der Waals surface area contributed by atoms with Gasteiger partial charge in [0.25, 0.3) is 0 Å². The van der Waals surface area contributed by atoms with Gasteiger partial charge in [-0.15, -0.1) is 0 Å². The number of hydrogen-bond acceptors (Lipinski definition) is 2. The molecule has 0 spiro atoms. The summed E-state index contributed by atoms with van der Waals surface area (Å²) in [5, 5.41) is 7.09. The fraction of sp³-hybridized carbons (Fsp3) is 0. The summed E-state index contributed by atoms with van der Waals surface area (Å²) in [5.41, 5.74) is 9.91. The van der Waals surface area contributed by atoms with Gasteiger partial charge < -0.3 is 4.57 Å². The van der Waals surface area contributed by atoms with Crippen molar-refractivity contribution in [1.82, 2.24) is 14.5 Å². The number of rotatable bonds is 3. The Hall–Kier alpha value is -5.80.